The summed E-state index contributed by atoms with van der Waals surface area (Å²) in [6.07, 6.45) is -1.81. The number of aliphatic hydroxyl groups is 1. The second-order valence-electron chi connectivity index (χ2n) is 9.29. The minimum absolute atomic E-state index is 0.177. The molecule has 1 aliphatic rings. The number of carboxylic acids is 1. The van der Waals surface area contributed by atoms with Crippen molar-refractivity contribution in [3.63, 3.8) is 0 Å². The second-order valence-corrected chi connectivity index (χ2v) is 10.1. The molecular weight excluding hydrogens is 543 g/mol. The number of carbonyl (C=O) groups is 3. The highest BCUT2D eigenvalue weighted by molar-refractivity contribution is 6.33. The van der Waals surface area contributed by atoms with E-state index in [0.717, 1.165) is 16.7 Å². The van der Waals surface area contributed by atoms with Gasteiger partial charge in [-0.2, -0.15) is 0 Å². The van der Waals surface area contributed by atoms with E-state index in [1.54, 1.807) is 30.3 Å². The predicted octanol–water partition coefficient (Wildman–Crippen LogP) is 3.15. The van der Waals surface area contributed by atoms with Crippen molar-refractivity contribution in [3.05, 3.63) is 94.0 Å². The Morgan fingerprint density at radius 3 is 2.38 bits per heavy atom. The number of carbonyl (C=O) groups excluding carboxylic acids is 2. The van der Waals surface area contributed by atoms with Crippen LogP contribution in [0.3, 0.4) is 0 Å². The summed E-state index contributed by atoms with van der Waals surface area (Å²) in [7, 11) is 0. The van der Waals surface area contributed by atoms with Crippen LogP contribution in [0.4, 0.5) is 0 Å². The molecule has 0 saturated carbocycles. The Bertz CT molecular complexity index is 1340. The lowest BCUT2D eigenvalue weighted by molar-refractivity contribution is -0.147. The van der Waals surface area contributed by atoms with Crippen molar-refractivity contribution in [2.45, 2.75) is 43.6 Å². The van der Waals surface area contributed by atoms with Crippen molar-refractivity contribution in [2.75, 3.05) is 0 Å². The number of benzene rings is 3. The number of hydrazine groups is 1. The lowest BCUT2D eigenvalue weighted by Crippen LogP contribution is -2.49. The molecule has 1 aliphatic heterocycles. The van der Waals surface area contributed by atoms with Crippen LogP contribution in [0, 0.1) is 0 Å². The molecule has 2 amide bonds. The van der Waals surface area contributed by atoms with Crippen LogP contribution < -0.4 is 21.5 Å². The average Bonchev–Trinajstić information content (AvgIpc) is 3.38. The maximum absolute atomic E-state index is 13.0. The largest absolute Gasteiger partial charge is 0.479 e. The normalized spacial score (nSPS) is 18.2. The van der Waals surface area contributed by atoms with Gasteiger partial charge >= 0.3 is 5.97 Å². The number of carboxylic acid groups (broad SMARTS) is 1. The molecule has 3 aromatic rings. The van der Waals surface area contributed by atoms with Gasteiger partial charge in [-0.25, -0.2) is 15.6 Å². The first-order valence-corrected chi connectivity index (χ1v) is 13.1. The molecule has 0 aliphatic carbocycles. The number of hydrogen-bond acceptors (Lipinski definition) is 6. The number of aliphatic hydroxyl groups excluding tert-OH is 1. The van der Waals surface area contributed by atoms with Crippen LogP contribution in [-0.4, -0.2) is 52.4 Å². The third-order valence-corrected chi connectivity index (χ3v) is 6.94. The zero-order valence-corrected chi connectivity index (χ0v) is 22.2. The number of halogens is 2. The maximum atomic E-state index is 13.0. The van der Waals surface area contributed by atoms with Gasteiger partial charge in [-0.3, -0.25) is 9.59 Å². The van der Waals surface area contributed by atoms with Crippen LogP contribution in [0.25, 0.3) is 11.1 Å². The second kappa shape index (κ2) is 13.1. The number of aliphatic carboxylic acids is 1. The van der Waals surface area contributed by atoms with Crippen LogP contribution in [0.2, 0.25) is 10.0 Å². The van der Waals surface area contributed by atoms with Gasteiger partial charge in [0.25, 0.3) is 5.91 Å². The van der Waals surface area contributed by atoms with Crippen LogP contribution in [-0.2, 0) is 16.0 Å². The molecule has 11 heteroatoms. The van der Waals surface area contributed by atoms with Gasteiger partial charge in [0.05, 0.1) is 16.8 Å². The Labute approximate surface area is 235 Å². The fourth-order valence-corrected chi connectivity index (χ4v) is 4.77. The monoisotopic (exact) mass is 570 g/mol. The molecule has 1 saturated heterocycles. The third-order valence-electron chi connectivity index (χ3n) is 6.38. The number of amides is 2. The van der Waals surface area contributed by atoms with Crippen molar-refractivity contribution < 1.29 is 24.6 Å². The fraction of sp³-hybridized carbons (Fsp3) is 0.250. The zero-order chi connectivity index (χ0) is 27.9. The molecule has 204 valence electrons. The van der Waals surface area contributed by atoms with Crippen molar-refractivity contribution in [1.82, 2.24) is 21.5 Å². The fourth-order valence-electron chi connectivity index (χ4n) is 4.35. The van der Waals surface area contributed by atoms with Crippen molar-refractivity contribution >= 4 is 41.0 Å². The third kappa shape index (κ3) is 7.78. The molecule has 4 atom stereocenters. The first kappa shape index (κ1) is 28.5. The standard InChI is InChI=1S/C28H28Cl2N4O5/c29-19-5-3-4-18(13-19)17-10-8-16(9-11-17)12-20(14-24(35)28(38)39)31-27(37)23-15-25(34-33-23)32-26(36)21-6-1-2-7-22(21)30/h1-11,13,20,23-25,33-35H,12,14-15H2,(H,31,37)(H,32,36)(H,38,39)/t20-,23?,24-,25?/m1/s1. The number of nitrogens with one attached hydrogen (secondary N) is 4. The lowest BCUT2D eigenvalue weighted by atomic mass is 9.97. The minimum atomic E-state index is -1.64. The summed E-state index contributed by atoms with van der Waals surface area (Å²) in [6.45, 7) is 0. The van der Waals surface area contributed by atoms with E-state index in [-0.39, 0.29) is 18.7 Å². The van der Waals surface area contributed by atoms with Gasteiger partial charge in [0.2, 0.25) is 5.91 Å². The van der Waals surface area contributed by atoms with Crippen molar-refractivity contribution in [3.8, 4) is 11.1 Å². The highest BCUT2D eigenvalue weighted by Crippen LogP contribution is 2.24. The van der Waals surface area contributed by atoms with Crippen LogP contribution in [0.5, 0.6) is 0 Å². The zero-order valence-electron chi connectivity index (χ0n) is 20.7. The number of hydrogen-bond donors (Lipinski definition) is 6. The van der Waals surface area contributed by atoms with Crippen LogP contribution in [0.1, 0.15) is 28.8 Å². The minimum Gasteiger partial charge on any atom is -0.479 e. The van der Waals surface area contributed by atoms with Gasteiger partial charge in [0.1, 0.15) is 6.04 Å². The maximum Gasteiger partial charge on any atom is 0.332 e. The van der Waals surface area contributed by atoms with E-state index in [1.165, 1.54) is 0 Å². The molecule has 3 aromatic carbocycles. The van der Waals surface area contributed by atoms with E-state index in [0.29, 0.717) is 22.0 Å². The summed E-state index contributed by atoms with van der Waals surface area (Å²) in [6, 6.07) is 20.4. The van der Waals surface area contributed by atoms with Crippen LogP contribution >= 0.6 is 23.2 Å². The Hall–Kier alpha value is -3.47. The Morgan fingerprint density at radius 1 is 0.949 bits per heavy atom. The Kier molecular flexibility index (Phi) is 9.55. The molecule has 2 unspecified atom stereocenters. The molecule has 0 bridgehead atoms. The molecular formula is C28H28Cl2N4O5. The highest BCUT2D eigenvalue weighted by atomic mass is 35.5. The van der Waals surface area contributed by atoms with E-state index in [4.69, 9.17) is 23.2 Å². The molecule has 0 aromatic heterocycles. The van der Waals surface area contributed by atoms with Gasteiger partial charge in [-0.05, 0) is 47.4 Å². The molecule has 1 fully saturated rings. The van der Waals surface area contributed by atoms with Gasteiger partial charge in [0, 0.05) is 23.9 Å². The van der Waals surface area contributed by atoms with Gasteiger partial charge in [-0.15, -0.1) is 0 Å². The Balaban J connectivity index is 1.38. The van der Waals surface area contributed by atoms with Gasteiger partial charge in [0.15, 0.2) is 6.10 Å². The average molecular weight is 571 g/mol. The summed E-state index contributed by atoms with van der Waals surface area (Å²) < 4.78 is 0. The topological polar surface area (TPSA) is 140 Å². The molecule has 0 spiro atoms. The predicted molar refractivity (Wildman–Crippen MR) is 148 cm³/mol. The number of rotatable bonds is 10. The van der Waals surface area contributed by atoms with Gasteiger partial charge in [-0.1, -0.05) is 71.7 Å². The summed E-state index contributed by atoms with van der Waals surface area (Å²) in [5, 5.41) is 25.8. The summed E-state index contributed by atoms with van der Waals surface area (Å²) in [5.41, 5.74) is 8.81. The van der Waals surface area contributed by atoms with Crippen molar-refractivity contribution in [2.24, 2.45) is 0 Å². The van der Waals surface area contributed by atoms with E-state index in [9.17, 15) is 24.6 Å². The molecule has 4 rings (SSSR count). The lowest BCUT2D eigenvalue weighted by Gasteiger charge is -2.22. The van der Waals surface area contributed by atoms with Crippen molar-refractivity contribution in [1.29, 1.82) is 0 Å². The molecule has 0 radical (unpaired) electrons. The first-order chi connectivity index (χ1) is 18.7. The Morgan fingerprint density at radius 2 is 1.69 bits per heavy atom. The smallest absolute Gasteiger partial charge is 0.332 e. The molecule has 9 nitrogen and oxygen atoms in total. The van der Waals surface area contributed by atoms with Gasteiger partial charge < -0.3 is 20.8 Å². The van der Waals surface area contributed by atoms with E-state index >= 15 is 0 Å². The molecule has 6 N–H and O–H groups in total. The van der Waals surface area contributed by atoms with E-state index in [1.807, 2.05) is 42.5 Å². The highest BCUT2D eigenvalue weighted by Gasteiger charge is 2.32. The van der Waals surface area contributed by atoms with Crippen LogP contribution in [0.15, 0.2) is 72.8 Å². The first-order valence-electron chi connectivity index (χ1n) is 12.3. The SMILES string of the molecule is O=C(NC1CC(C(=O)N[C@H](Cc2ccc(-c3cccc(Cl)c3)cc2)C[C@@H](O)C(=O)O)NN1)c1ccccc1Cl. The quantitative estimate of drug-likeness (QED) is 0.220. The summed E-state index contributed by atoms with van der Waals surface area (Å²) in [5.74, 6) is -2.15. The van der Waals surface area contributed by atoms with E-state index < -0.39 is 36.2 Å². The molecule has 39 heavy (non-hydrogen) atoms. The molecule has 1 heterocycles. The summed E-state index contributed by atoms with van der Waals surface area (Å²) in [4.78, 5) is 36.9. The summed E-state index contributed by atoms with van der Waals surface area (Å²) >= 11 is 12.2. The van der Waals surface area contributed by atoms with E-state index in [2.05, 4.69) is 21.5 Å².